The molecule has 3 aliphatic rings. The molecule has 1 amide bonds. The van der Waals surface area contributed by atoms with E-state index in [0.29, 0.717) is 12.3 Å². The van der Waals surface area contributed by atoms with Gasteiger partial charge in [0.25, 0.3) is 0 Å². The van der Waals surface area contributed by atoms with Crippen LogP contribution in [0.2, 0.25) is 19.6 Å². The molecule has 0 N–H and O–H groups in total. The fourth-order valence-corrected chi connectivity index (χ4v) is 5.35. The van der Waals surface area contributed by atoms with Crippen molar-refractivity contribution in [3.63, 3.8) is 0 Å². The van der Waals surface area contributed by atoms with Crippen LogP contribution in [0.5, 0.6) is 0 Å². The van der Waals surface area contributed by atoms with E-state index in [1.165, 1.54) is 6.08 Å². The van der Waals surface area contributed by atoms with Crippen LogP contribution >= 0.6 is 0 Å². The normalized spacial score (nSPS) is 29.7. The summed E-state index contributed by atoms with van der Waals surface area (Å²) < 4.78 is 17.3. The van der Waals surface area contributed by atoms with Gasteiger partial charge in [0.1, 0.15) is 18.4 Å². The molecule has 0 aromatic carbocycles. The first-order valence-electron chi connectivity index (χ1n) is 8.90. The van der Waals surface area contributed by atoms with Crippen LogP contribution in [0.4, 0.5) is 0 Å². The summed E-state index contributed by atoms with van der Waals surface area (Å²) in [6, 6.07) is -0.152. The number of nitrogens with zero attached hydrogens (tertiary/aromatic N) is 1. The lowest BCUT2D eigenvalue weighted by Gasteiger charge is -2.49. The zero-order chi connectivity index (χ0) is 18.4. The average Bonchev–Trinajstić information content (AvgIpc) is 2.82. The number of carbonyl (C=O) groups is 2. The quantitative estimate of drug-likeness (QED) is 0.313. The van der Waals surface area contributed by atoms with Crippen molar-refractivity contribution in [2.24, 2.45) is 5.92 Å². The zero-order valence-electron chi connectivity index (χ0n) is 15.4. The third-order valence-corrected chi connectivity index (χ3v) is 5.92. The highest BCUT2D eigenvalue weighted by atomic mass is 28.4. The average molecular weight is 366 g/mol. The van der Waals surface area contributed by atoms with Crippen LogP contribution in [0.3, 0.4) is 0 Å². The molecule has 25 heavy (non-hydrogen) atoms. The molecule has 2 fully saturated rings. The van der Waals surface area contributed by atoms with Crippen molar-refractivity contribution in [3.05, 3.63) is 23.9 Å². The molecule has 2 saturated heterocycles. The van der Waals surface area contributed by atoms with Gasteiger partial charge in [0, 0.05) is 6.61 Å². The minimum absolute atomic E-state index is 0.0631. The Balaban J connectivity index is 1.85. The predicted octanol–water partition coefficient (Wildman–Crippen LogP) is 2.23. The Morgan fingerprint density at radius 2 is 2.20 bits per heavy atom. The van der Waals surface area contributed by atoms with E-state index in [-0.39, 0.29) is 36.7 Å². The SMILES string of the molecule is C=CCOC(=O)C1=C2CCCO[C@H]2[C@@H]2[C@@H]([C@@H](C)O[Si](C)(C)C)C(=O)N12. The molecular formula is C18H27NO5Si. The molecule has 3 heterocycles. The number of β-lactam (4-membered cyclic amide) rings is 1. The second-order valence-electron chi connectivity index (χ2n) is 7.82. The highest BCUT2D eigenvalue weighted by Crippen LogP contribution is 2.48. The molecule has 0 radical (unpaired) electrons. The molecule has 0 aliphatic carbocycles. The Hall–Kier alpha value is -1.44. The Bertz CT molecular complexity index is 623. The molecule has 3 rings (SSSR count). The Labute approximate surface area is 149 Å². The molecule has 0 unspecified atom stereocenters. The van der Waals surface area contributed by atoms with Gasteiger partial charge in [0.15, 0.2) is 8.32 Å². The first kappa shape index (κ1) is 18.4. The number of ether oxygens (including phenoxy) is 2. The van der Waals surface area contributed by atoms with E-state index in [1.54, 1.807) is 4.90 Å². The molecular weight excluding hydrogens is 338 g/mol. The van der Waals surface area contributed by atoms with Crippen LogP contribution in [0.1, 0.15) is 19.8 Å². The van der Waals surface area contributed by atoms with Crippen molar-refractivity contribution < 1.29 is 23.5 Å². The van der Waals surface area contributed by atoms with Crippen LogP contribution in [-0.4, -0.2) is 56.6 Å². The van der Waals surface area contributed by atoms with Gasteiger partial charge >= 0.3 is 5.97 Å². The lowest BCUT2D eigenvalue weighted by molar-refractivity contribution is -0.168. The van der Waals surface area contributed by atoms with Gasteiger partial charge in [-0.3, -0.25) is 9.69 Å². The predicted molar refractivity (Wildman–Crippen MR) is 95.2 cm³/mol. The minimum atomic E-state index is -1.77. The van der Waals surface area contributed by atoms with Gasteiger partial charge in [-0.15, -0.1) is 0 Å². The van der Waals surface area contributed by atoms with Crippen LogP contribution in [0.15, 0.2) is 23.9 Å². The number of carbonyl (C=O) groups excluding carboxylic acids is 2. The Kier molecular flexibility index (Phi) is 4.92. The summed E-state index contributed by atoms with van der Waals surface area (Å²) in [6.45, 7) is 12.6. The van der Waals surface area contributed by atoms with Crippen LogP contribution in [0.25, 0.3) is 0 Å². The van der Waals surface area contributed by atoms with Crippen molar-refractivity contribution >= 4 is 20.2 Å². The lowest BCUT2D eigenvalue weighted by Crippen LogP contribution is -2.66. The van der Waals surface area contributed by atoms with Crippen molar-refractivity contribution in [1.29, 1.82) is 0 Å². The van der Waals surface area contributed by atoms with E-state index < -0.39 is 14.3 Å². The zero-order valence-corrected chi connectivity index (χ0v) is 16.4. The van der Waals surface area contributed by atoms with Gasteiger partial charge < -0.3 is 13.9 Å². The van der Waals surface area contributed by atoms with Crippen LogP contribution in [0, 0.1) is 5.92 Å². The molecule has 3 aliphatic heterocycles. The monoisotopic (exact) mass is 365 g/mol. The fourth-order valence-electron chi connectivity index (χ4n) is 4.09. The first-order valence-corrected chi connectivity index (χ1v) is 12.3. The van der Waals surface area contributed by atoms with E-state index in [1.807, 2.05) is 6.92 Å². The summed E-state index contributed by atoms with van der Waals surface area (Å²) in [7, 11) is -1.77. The number of fused-ring (bicyclic) bond motifs is 3. The topological polar surface area (TPSA) is 65.1 Å². The molecule has 138 valence electrons. The number of hydrogen-bond acceptors (Lipinski definition) is 5. The van der Waals surface area contributed by atoms with E-state index in [0.717, 1.165) is 18.4 Å². The molecule has 0 aromatic rings. The third-order valence-electron chi connectivity index (χ3n) is 4.85. The molecule has 0 saturated carbocycles. The van der Waals surface area contributed by atoms with Crippen LogP contribution in [-0.2, 0) is 23.5 Å². The summed E-state index contributed by atoms with van der Waals surface area (Å²) in [5.41, 5.74) is 1.29. The largest absolute Gasteiger partial charge is 0.457 e. The summed E-state index contributed by atoms with van der Waals surface area (Å²) in [6.07, 6.45) is 2.74. The smallest absolute Gasteiger partial charge is 0.355 e. The Morgan fingerprint density at radius 3 is 2.84 bits per heavy atom. The highest BCUT2D eigenvalue weighted by molar-refractivity contribution is 6.69. The van der Waals surface area contributed by atoms with E-state index in [9.17, 15) is 9.59 Å². The van der Waals surface area contributed by atoms with Crippen molar-refractivity contribution in [3.8, 4) is 0 Å². The molecule has 0 bridgehead atoms. The molecule has 7 heteroatoms. The first-order chi connectivity index (χ1) is 11.8. The van der Waals surface area contributed by atoms with Gasteiger partial charge in [-0.25, -0.2) is 4.79 Å². The second-order valence-corrected chi connectivity index (χ2v) is 12.3. The van der Waals surface area contributed by atoms with Crippen LogP contribution < -0.4 is 0 Å². The fraction of sp³-hybridized carbons (Fsp3) is 0.667. The Morgan fingerprint density at radius 1 is 1.48 bits per heavy atom. The molecule has 0 aromatic heterocycles. The summed E-state index contributed by atoms with van der Waals surface area (Å²) in [4.78, 5) is 26.9. The molecule has 0 spiro atoms. The maximum absolute atomic E-state index is 12.8. The minimum Gasteiger partial charge on any atom is -0.457 e. The van der Waals surface area contributed by atoms with E-state index in [2.05, 4.69) is 26.2 Å². The van der Waals surface area contributed by atoms with Crippen molar-refractivity contribution in [1.82, 2.24) is 4.90 Å². The summed E-state index contributed by atoms with van der Waals surface area (Å²) in [5, 5.41) is 0. The van der Waals surface area contributed by atoms with Gasteiger partial charge in [-0.05, 0) is 45.0 Å². The number of hydrogen-bond donors (Lipinski definition) is 0. The summed E-state index contributed by atoms with van der Waals surface area (Å²) >= 11 is 0. The van der Waals surface area contributed by atoms with Gasteiger partial charge in [0.2, 0.25) is 5.91 Å². The third kappa shape index (κ3) is 3.20. The van der Waals surface area contributed by atoms with Gasteiger partial charge in [0.05, 0.1) is 18.1 Å². The number of rotatable bonds is 6. The second kappa shape index (κ2) is 6.70. The number of esters is 1. The molecule has 4 atom stereocenters. The maximum atomic E-state index is 12.8. The highest BCUT2D eigenvalue weighted by Gasteiger charge is 2.62. The molecule has 6 nitrogen and oxygen atoms in total. The van der Waals surface area contributed by atoms with Crippen molar-refractivity contribution in [2.45, 2.75) is 57.7 Å². The standard InChI is InChI=1S/C18H27NO5Si/c1-6-9-23-18(21)14-12-8-7-10-22-16(12)15-13(17(20)19(14)15)11(2)24-25(3,4)5/h6,11,13,15-16H,1,7-10H2,2-5H3/t11-,13-,15+,16-/m1/s1. The number of amides is 1. The summed E-state index contributed by atoms with van der Waals surface area (Å²) in [5.74, 6) is -0.792. The van der Waals surface area contributed by atoms with E-state index >= 15 is 0 Å². The maximum Gasteiger partial charge on any atom is 0.355 e. The lowest BCUT2D eigenvalue weighted by atomic mass is 9.80. The van der Waals surface area contributed by atoms with Gasteiger partial charge in [-0.1, -0.05) is 12.7 Å². The van der Waals surface area contributed by atoms with Gasteiger partial charge in [-0.2, -0.15) is 0 Å². The van der Waals surface area contributed by atoms with E-state index in [4.69, 9.17) is 13.9 Å². The van der Waals surface area contributed by atoms with Crippen molar-refractivity contribution in [2.75, 3.05) is 13.2 Å².